The van der Waals surface area contributed by atoms with Crippen LogP contribution < -0.4 is 10.6 Å². The van der Waals surface area contributed by atoms with Gasteiger partial charge in [0.2, 0.25) is 0 Å². The highest BCUT2D eigenvalue weighted by molar-refractivity contribution is 5.93. The van der Waals surface area contributed by atoms with E-state index in [0.29, 0.717) is 18.5 Å². The van der Waals surface area contributed by atoms with E-state index in [0.717, 1.165) is 19.3 Å². The molecule has 1 fully saturated rings. The molecule has 0 saturated heterocycles. The minimum absolute atomic E-state index is 0.233. The van der Waals surface area contributed by atoms with Gasteiger partial charge in [0.05, 0.1) is 11.6 Å². The second-order valence-corrected chi connectivity index (χ2v) is 8.50. The van der Waals surface area contributed by atoms with Crippen molar-refractivity contribution in [1.29, 1.82) is 5.26 Å². The maximum atomic E-state index is 12.4. The molecule has 0 heterocycles. The van der Waals surface area contributed by atoms with E-state index >= 15 is 0 Å². The number of hydrogen-bond donors (Lipinski definition) is 2. The van der Waals surface area contributed by atoms with Gasteiger partial charge < -0.3 is 14.8 Å². The molecule has 1 aliphatic rings. The van der Waals surface area contributed by atoms with Crippen LogP contribution in [0.5, 0.6) is 0 Å². The molecule has 0 radical (unpaired) electrons. The summed E-state index contributed by atoms with van der Waals surface area (Å²) in [6.45, 7) is 6.75. The number of hydrogen-bond acceptors (Lipinski definition) is 6. The van der Waals surface area contributed by atoms with Crippen LogP contribution in [0.1, 0.15) is 70.2 Å². The van der Waals surface area contributed by atoms with E-state index in [-0.39, 0.29) is 5.56 Å². The Bertz CT molecular complexity index is 815. The molecule has 8 heteroatoms. The zero-order chi connectivity index (χ0) is 22.4. The van der Waals surface area contributed by atoms with Gasteiger partial charge in [0.1, 0.15) is 11.1 Å². The van der Waals surface area contributed by atoms with E-state index in [1.165, 1.54) is 31.2 Å². The summed E-state index contributed by atoms with van der Waals surface area (Å²) in [4.78, 5) is 36.6. The number of benzene rings is 1. The highest BCUT2D eigenvalue weighted by Gasteiger charge is 2.35. The van der Waals surface area contributed by atoms with Gasteiger partial charge in [-0.3, -0.25) is 10.1 Å². The Hall–Kier alpha value is -3.08. The van der Waals surface area contributed by atoms with Crippen molar-refractivity contribution in [2.75, 3.05) is 5.32 Å². The third kappa shape index (κ3) is 6.76. The number of amides is 2. The van der Waals surface area contributed by atoms with Gasteiger partial charge in [-0.1, -0.05) is 19.3 Å². The molecule has 8 nitrogen and oxygen atoms in total. The van der Waals surface area contributed by atoms with Crippen molar-refractivity contribution in [3.63, 3.8) is 0 Å². The Morgan fingerprint density at radius 3 is 2.23 bits per heavy atom. The lowest BCUT2D eigenvalue weighted by Crippen LogP contribution is -2.52. The summed E-state index contributed by atoms with van der Waals surface area (Å²) in [5, 5.41) is 14.8. The van der Waals surface area contributed by atoms with Crippen molar-refractivity contribution in [2.24, 2.45) is 0 Å². The molecule has 2 N–H and O–H groups in total. The summed E-state index contributed by atoms with van der Waals surface area (Å²) in [6, 6.07) is 8.25. The van der Waals surface area contributed by atoms with E-state index in [1.54, 1.807) is 20.8 Å². The predicted molar refractivity (Wildman–Crippen MR) is 111 cm³/mol. The van der Waals surface area contributed by atoms with Gasteiger partial charge >= 0.3 is 12.1 Å². The fourth-order valence-corrected chi connectivity index (χ4v) is 3.15. The normalized spacial score (nSPS) is 16.5. The van der Waals surface area contributed by atoms with Crippen molar-refractivity contribution >= 4 is 23.7 Å². The third-order valence-corrected chi connectivity index (χ3v) is 4.70. The van der Waals surface area contributed by atoms with Gasteiger partial charge in [-0.05, 0) is 64.8 Å². The lowest BCUT2D eigenvalue weighted by molar-refractivity contribution is -0.130. The molecule has 0 bridgehead atoms. The number of anilines is 1. The van der Waals surface area contributed by atoms with Gasteiger partial charge in [0.15, 0.2) is 6.10 Å². The quantitative estimate of drug-likeness (QED) is 0.704. The van der Waals surface area contributed by atoms with E-state index in [2.05, 4.69) is 16.7 Å². The van der Waals surface area contributed by atoms with Crippen molar-refractivity contribution in [3.8, 4) is 6.07 Å². The molecule has 1 aromatic rings. The fourth-order valence-electron chi connectivity index (χ4n) is 3.15. The fraction of sp³-hybridized carbons (Fsp3) is 0.545. The Morgan fingerprint density at radius 2 is 1.70 bits per heavy atom. The van der Waals surface area contributed by atoms with Crippen LogP contribution in [0.15, 0.2) is 24.3 Å². The summed E-state index contributed by atoms with van der Waals surface area (Å²) in [5.41, 5.74) is -0.811. The smallest absolute Gasteiger partial charge is 0.412 e. The molecule has 2 amide bonds. The summed E-state index contributed by atoms with van der Waals surface area (Å²) < 4.78 is 10.4. The molecule has 162 valence electrons. The molecule has 2 rings (SSSR count). The molecular formula is C22H29N3O5. The SMILES string of the molecule is C[C@@H](OC(=O)c1ccc(NC(=O)OC(C)(C)C)cc1)C(=O)NC1(C#N)CCCCC1. The van der Waals surface area contributed by atoms with Crippen LogP contribution in [0.25, 0.3) is 0 Å². The van der Waals surface area contributed by atoms with Crippen LogP contribution in [0.3, 0.4) is 0 Å². The van der Waals surface area contributed by atoms with Crippen LogP contribution >= 0.6 is 0 Å². The summed E-state index contributed by atoms with van der Waals surface area (Å²) >= 11 is 0. The molecule has 0 spiro atoms. The van der Waals surface area contributed by atoms with Crippen LogP contribution in [-0.2, 0) is 14.3 Å². The van der Waals surface area contributed by atoms with Crippen molar-refractivity contribution in [1.82, 2.24) is 5.32 Å². The monoisotopic (exact) mass is 415 g/mol. The summed E-state index contributed by atoms with van der Waals surface area (Å²) in [6.07, 6.45) is 2.37. The Balaban J connectivity index is 1.91. The number of nitrogens with one attached hydrogen (secondary N) is 2. The minimum atomic E-state index is -1.04. The summed E-state index contributed by atoms with van der Waals surface area (Å²) in [5.74, 6) is -1.16. The van der Waals surface area contributed by atoms with Crippen LogP contribution in [0, 0.1) is 11.3 Å². The van der Waals surface area contributed by atoms with Gasteiger partial charge in [0, 0.05) is 5.69 Å². The molecule has 0 aliphatic heterocycles. The maximum Gasteiger partial charge on any atom is 0.412 e. The zero-order valence-corrected chi connectivity index (χ0v) is 17.9. The van der Waals surface area contributed by atoms with Crippen molar-refractivity contribution in [3.05, 3.63) is 29.8 Å². The first-order valence-electron chi connectivity index (χ1n) is 10.1. The highest BCUT2D eigenvalue weighted by atomic mass is 16.6. The first-order valence-corrected chi connectivity index (χ1v) is 10.1. The zero-order valence-electron chi connectivity index (χ0n) is 17.9. The molecular weight excluding hydrogens is 386 g/mol. The highest BCUT2D eigenvalue weighted by Crippen LogP contribution is 2.27. The lowest BCUT2D eigenvalue weighted by Gasteiger charge is -2.32. The second kappa shape index (κ2) is 9.61. The number of nitriles is 1. The predicted octanol–water partition coefficient (Wildman–Crippen LogP) is 3.92. The number of rotatable bonds is 5. The van der Waals surface area contributed by atoms with E-state index in [4.69, 9.17) is 9.47 Å². The van der Waals surface area contributed by atoms with Gasteiger partial charge in [0.25, 0.3) is 5.91 Å². The number of ether oxygens (including phenoxy) is 2. The Labute approximate surface area is 176 Å². The van der Waals surface area contributed by atoms with Gasteiger partial charge in [-0.15, -0.1) is 0 Å². The number of esters is 1. The van der Waals surface area contributed by atoms with Crippen molar-refractivity contribution in [2.45, 2.75) is 77.0 Å². The molecule has 1 aromatic carbocycles. The molecule has 30 heavy (non-hydrogen) atoms. The van der Waals surface area contributed by atoms with Crippen LogP contribution in [-0.4, -0.2) is 35.2 Å². The molecule has 1 atom stereocenters. The van der Waals surface area contributed by atoms with E-state index < -0.39 is 35.2 Å². The molecule has 1 aliphatic carbocycles. The van der Waals surface area contributed by atoms with E-state index in [1.807, 2.05) is 0 Å². The van der Waals surface area contributed by atoms with Crippen LogP contribution in [0.4, 0.5) is 10.5 Å². The number of nitrogens with zero attached hydrogens (tertiary/aromatic N) is 1. The number of carbonyl (C=O) groups is 3. The average molecular weight is 415 g/mol. The molecule has 0 unspecified atom stereocenters. The third-order valence-electron chi connectivity index (χ3n) is 4.70. The van der Waals surface area contributed by atoms with Crippen LogP contribution in [0.2, 0.25) is 0 Å². The van der Waals surface area contributed by atoms with Gasteiger partial charge in [-0.25, -0.2) is 9.59 Å². The Kier molecular flexibility index (Phi) is 7.43. The lowest BCUT2D eigenvalue weighted by atomic mass is 9.83. The number of carbonyl (C=O) groups excluding carboxylic acids is 3. The van der Waals surface area contributed by atoms with E-state index in [9.17, 15) is 19.6 Å². The second-order valence-electron chi connectivity index (χ2n) is 8.50. The Morgan fingerprint density at radius 1 is 1.10 bits per heavy atom. The topological polar surface area (TPSA) is 118 Å². The molecule has 1 saturated carbocycles. The standard InChI is InChI=1S/C22H29N3O5/c1-15(18(26)25-22(14-23)12-6-5-7-13-22)29-19(27)16-8-10-17(11-9-16)24-20(28)30-21(2,3)4/h8-11,15H,5-7,12-13H2,1-4H3,(H,24,28)(H,25,26)/t15-/m1/s1. The minimum Gasteiger partial charge on any atom is -0.449 e. The largest absolute Gasteiger partial charge is 0.449 e. The average Bonchev–Trinajstić information content (AvgIpc) is 2.67. The first kappa shape index (κ1) is 23.2. The first-order chi connectivity index (χ1) is 14.0. The van der Waals surface area contributed by atoms with Crippen molar-refractivity contribution < 1.29 is 23.9 Å². The maximum absolute atomic E-state index is 12.4. The molecule has 0 aromatic heterocycles. The van der Waals surface area contributed by atoms with Gasteiger partial charge in [-0.2, -0.15) is 5.26 Å². The summed E-state index contributed by atoms with van der Waals surface area (Å²) in [7, 11) is 0.